The number of amides is 1. The fourth-order valence-corrected chi connectivity index (χ4v) is 2.42. The number of hydrogen-bond donors (Lipinski definition) is 2. The quantitative estimate of drug-likeness (QED) is 0.664. The Bertz CT molecular complexity index is 691. The molecular weight excluding hydrogens is 332 g/mol. The summed E-state index contributed by atoms with van der Waals surface area (Å²) in [5.41, 5.74) is 7.79. The number of carbonyl (C=O) groups is 2. The Morgan fingerprint density at radius 3 is 2.15 bits per heavy atom. The first-order valence-electron chi connectivity index (χ1n) is 8.39. The zero-order chi connectivity index (χ0) is 18.8. The van der Waals surface area contributed by atoms with Gasteiger partial charge in [0.05, 0.1) is 20.3 Å². The second kappa shape index (κ2) is 10.3. The topological polar surface area (TPSA) is 90.7 Å². The van der Waals surface area contributed by atoms with Gasteiger partial charge in [-0.25, -0.2) is 4.79 Å². The number of carbonyl (C=O) groups excluding carboxylic acids is 2. The van der Waals surface area contributed by atoms with Crippen LogP contribution in [0.2, 0.25) is 0 Å². The van der Waals surface area contributed by atoms with E-state index in [1.165, 1.54) is 7.11 Å². The van der Waals surface area contributed by atoms with Crippen LogP contribution >= 0.6 is 0 Å². The van der Waals surface area contributed by atoms with Crippen LogP contribution in [0.25, 0.3) is 0 Å². The Morgan fingerprint density at radius 2 is 1.58 bits per heavy atom. The number of rotatable bonds is 9. The first kappa shape index (κ1) is 19.6. The lowest BCUT2D eigenvalue weighted by Gasteiger charge is -2.19. The van der Waals surface area contributed by atoms with Crippen molar-refractivity contribution in [2.45, 2.75) is 25.1 Å². The largest absolute Gasteiger partial charge is 0.467 e. The van der Waals surface area contributed by atoms with E-state index in [9.17, 15) is 9.59 Å². The normalized spacial score (nSPS) is 12.8. The highest BCUT2D eigenvalue weighted by Gasteiger charge is 2.24. The number of nitrogens with two attached hydrogens (primary N) is 1. The molecule has 6 nitrogen and oxygen atoms in total. The monoisotopic (exact) mass is 356 g/mol. The standard InChI is InChI=1S/C20H24N2O4/c1-25-20(24)18(12-15-8-4-2-5-9-15)22-19(23)17(21)14-26-13-16-10-6-3-7-11-16/h2-11,17-18H,12-14,21H2,1H3,(H,22,23)/t17-,18-/m0/s1. The summed E-state index contributed by atoms with van der Waals surface area (Å²) in [5, 5.41) is 2.65. The summed E-state index contributed by atoms with van der Waals surface area (Å²) < 4.78 is 10.3. The molecule has 0 aromatic heterocycles. The zero-order valence-electron chi connectivity index (χ0n) is 14.8. The average Bonchev–Trinajstić information content (AvgIpc) is 2.68. The van der Waals surface area contributed by atoms with Crippen LogP contribution in [0.1, 0.15) is 11.1 Å². The van der Waals surface area contributed by atoms with E-state index in [0.29, 0.717) is 13.0 Å². The van der Waals surface area contributed by atoms with E-state index in [1.54, 1.807) is 0 Å². The second-order valence-corrected chi connectivity index (χ2v) is 5.88. The predicted molar refractivity (Wildman–Crippen MR) is 98.2 cm³/mol. The van der Waals surface area contributed by atoms with Gasteiger partial charge in [-0.15, -0.1) is 0 Å². The second-order valence-electron chi connectivity index (χ2n) is 5.88. The van der Waals surface area contributed by atoms with E-state index < -0.39 is 24.0 Å². The first-order chi connectivity index (χ1) is 12.6. The van der Waals surface area contributed by atoms with Gasteiger partial charge in [0, 0.05) is 6.42 Å². The number of nitrogens with one attached hydrogen (secondary N) is 1. The molecule has 0 heterocycles. The van der Waals surface area contributed by atoms with Gasteiger partial charge in [0.25, 0.3) is 0 Å². The minimum absolute atomic E-state index is 0.0555. The van der Waals surface area contributed by atoms with Crippen molar-refractivity contribution in [1.82, 2.24) is 5.32 Å². The van der Waals surface area contributed by atoms with Crippen molar-refractivity contribution in [2.75, 3.05) is 13.7 Å². The average molecular weight is 356 g/mol. The van der Waals surface area contributed by atoms with Crippen molar-refractivity contribution < 1.29 is 19.1 Å². The maximum absolute atomic E-state index is 12.3. The highest BCUT2D eigenvalue weighted by molar-refractivity contribution is 5.87. The number of ether oxygens (including phenoxy) is 2. The molecule has 2 aromatic carbocycles. The minimum atomic E-state index is -0.873. The molecule has 2 rings (SSSR count). The molecule has 2 atom stereocenters. The summed E-state index contributed by atoms with van der Waals surface area (Å²) >= 11 is 0. The SMILES string of the molecule is COC(=O)[C@H](Cc1ccccc1)NC(=O)[C@@H](N)COCc1ccccc1. The van der Waals surface area contributed by atoms with Gasteiger partial charge in [-0.3, -0.25) is 4.79 Å². The van der Waals surface area contributed by atoms with Gasteiger partial charge in [0.1, 0.15) is 12.1 Å². The Morgan fingerprint density at radius 1 is 1.00 bits per heavy atom. The first-order valence-corrected chi connectivity index (χ1v) is 8.39. The van der Waals surface area contributed by atoms with E-state index in [4.69, 9.17) is 15.2 Å². The Balaban J connectivity index is 1.85. The highest BCUT2D eigenvalue weighted by Crippen LogP contribution is 2.05. The van der Waals surface area contributed by atoms with Gasteiger partial charge >= 0.3 is 5.97 Å². The molecule has 26 heavy (non-hydrogen) atoms. The third kappa shape index (κ3) is 6.31. The van der Waals surface area contributed by atoms with Gasteiger partial charge in [0.15, 0.2) is 0 Å². The molecule has 0 saturated heterocycles. The van der Waals surface area contributed by atoms with Crippen LogP contribution in [0.4, 0.5) is 0 Å². The fraction of sp³-hybridized carbons (Fsp3) is 0.300. The number of hydrogen-bond acceptors (Lipinski definition) is 5. The molecule has 0 radical (unpaired) electrons. The van der Waals surface area contributed by atoms with Crippen LogP contribution < -0.4 is 11.1 Å². The summed E-state index contributed by atoms with van der Waals surface area (Å²) in [4.78, 5) is 24.2. The van der Waals surface area contributed by atoms with Crippen LogP contribution in [0.3, 0.4) is 0 Å². The molecule has 2 aromatic rings. The van der Waals surface area contributed by atoms with Gasteiger partial charge in [0.2, 0.25) is 5.91 Å². The third-order valence-corrected chi connectivity index (χ3v) is 3.83. The van der Waals surface area contributed by atoms with Crippen molar-refractivity contribution in [2.24, 2.45) is 5.73 Å². The van der Waals surface area contributed by atoms with Crippen LogP contribution in [0, 0.1) is 0 Å². The minimum Gasteiger partial charge on any atom is -0.467 e. The van der Waals surface area contributed by atoms with E-state index in [0.717, 1.165) is 11.1 Å². The van der Waals surface area contributed by atoms with Crippen LogP contribution in [0.5, 0.6) is 0 Å². The Kier molecular flexibility index (Phi) is 7.79. The summed E-state index contributed by atoms with van der Waals surface area (Å²) in [5.74, 6) is -0.969. The molecule has 0 spiro atoms. The maximum Gasteiger partial charge on any atom is 0.328 e. The smallest absolute Gasteiger partial charge is 0.328 e. The van der Waals surface area contributed by atoms with E-state index in [1.807, 2.05) is 60.7 Å². The van der Waals surface area contributed by atoms with Gasteiger partial charge < -0.3 is 20.5 Å². The molecule has 0 unspecified atom stereocenters. The lowest BCUT2D eigenvalue weighted by Crippen LogP contribution is -2.51. The van der Waals surface area contributed by atoms with E-state index in [2.05, 4.69) is 5.32 Å². The van der Waals surface area contributed by atoms with Crippen molar-refractivity contribution in [3.63, 3.8) is 0 Å². The highest BCUT2D eigenvalue weighted by atomic mass is 16.5. The molecule has 0 fully saturated rings. The molecule has 0 aliphatic carbocycles. The molecule has 0 bridgehead atoms. The molecule has 0 aliphatic rings. The molecule has 3 N–H and O–H groups in total. The van der Waals surface area contributed by atoms with Crippen LogP contribution in [-0.2, 0) is 32.1 Å². The summed E-state index contributed by atoms with van der Waals surface area (Å²) in [6.45, 7) is 0.423. The van der Waals surface area contributed by atoms with E-state index in [-0.39, 0.29) is 6.61 Å². The number of esters is 1. The molecule has 138 valence electrons. The molecule has 6 heteroatoms. The van der Waals surface area contributed by atoms with Crippen molar-refractivity contribution >= 4 is 11.9 Å². The molecular formula is C20H24N2O4. The molecule has 0 aliphatic heterocycles. The maximum atomic E-state index is 12.3. The van der Waals surface area contributed by atoms with Crippen molar-refractivity contribution in [3.05, 3.63) is 71.8 Å². The lowest BCUT2D eigenvalue weighted by atomic mass is 10.1. The van der Waals surface area contributed by atoms with Crippen molar-refractivity contribution in [3.8, 4) is 0 Å². The number of benzene rings is 2. The Hall–Kier alpha value is -2.70. The van der Waals surface area contributed by atoms with Crippen molar-refractivity contribution in [1.29, 1.82) is 0 Å². The molecule has 1 amide bonds. The summed E-state index contributed by atoms with van der Waals surface area (Å²) in [7, 11) is 1.29. The van der Waals surface area contributed by atoms with Gasteiger partial charge in [-0.05, 0) is 11.1 Å². The number of methoxy groups -OCH3 is 1. The lowest BCUT2D eigenvalue weighted by molar-refractivity contribution is -0.145. The third-order valence-electron chi connectivity index (χ3n) is 3.83. The van der Waals surface area contributed by atoms with E-state index >= 15 is 0 Å². The zero-order valence-corrected chi connectivity index (χ0v) is 14.8. The summed E-state index contributed by atoms with van der Waals surface area (Å²) in [6, 6.07) is 17.3. The van der Waals surface area contributed by atoms with Gasteiger partial charge in [-0.2, -0.15) is 0 Å². The van der Waals surface area contributed by atoms with Crippen LogP contribution in [-0.4, -0.2) is 37.7 Å². The van der Waals surface area contributed by atoms with Crippen LogP contribution in [0.15, 0.2) is 60.7 Å². The molecule has 0 saturated carbocycles. The predicted octanol–water partition coefficient (Wildman–Crippen LogP) is 1.43. The fourth-order valence-electron chi connectivity index (χ4n) is 2.42. The summed E-state index contributed by atoms with van der Waals surface area (Å²) in [6.07, 6.45) is 0.330. The van der Waals surface area contributed by atoms with Gasteiger partial charge in [-0.1, -0.05) is 60.7 Å². The Labute approximate surface area is 153 Å².